The summed E-state index contributed by atoms with van der Waals surface area (Å²) in [6.07, 6.45) is 7.96. The lowest BCUT2D eigenvalue weighted by Gasteiger charge is -2.30. The minimum Gasteiger partial charge on any atom is -0.357 e. The Hall–Kier alpha value is -1.30. The number of hydrogen-bond acceptors (Lipinski definition) is 3. The Bertz CT molecular complexity index is 497. The molecule has 2 atom stereocenters. The van der Waals surface area contributed by atoms with Gasteiger partial charge in [0.1, 0.15) is 0 Å². The monoisotopic (exact) mass is 393 g/mol. The van der Waals surface area contributed by atoms with E-state index in [1.54, 1.807) is 0 Å². The maximum Gasteiger partial charge on any atom is 0.225 e. The van der Waals surface area contributed by atoms with Gasteiger partial charge in [-0.2, -0.15) is 0 Å². The maximum atomic E-state index is 12.7. The first-order chi connectivity index (χ1) is 13.5. The summed E-state index contributed by atoms with van der Waals surface area (Å²) in [5.41, 5.74) is 0. The van der Waals surface area contributed by atoms with Gasteiger partial charge in [0.05, 0.1) is 6.54 Å². The lowest BCUT2D eigenvalue weighted by Crippen LogP contribution is -2.46. The number of carbonyl (C=O) groups excluding carboxylic acids is 1. The molecule has 28 heavy (non-hydrogen) atoms. The van der Waals surface area contributed by atoms with Crippen LogP contribution in [0.2, 0.25) is 0 Å². The van der Waals surface area contributed by atoms with Crippen LogP contribution in [0.4, 0.5) is 0 Å². The molecule has 1 amide bonds. The largest absolute Gasteiger partial charge is 0.357 e. The highest BCUT2D eigenvalue weighted by atomic mass is 16.2. The molecule has 0 bridgehead atoms. The standard InChI is InChI=1S/C22H43N5O/c1-6-17(7-2)20(26(4)5)15-24-22(23-8-3)25-19-13-14-27(16-19)21(28)18-11-9-10-12-18/h17-20H,6-16H2,1-5H3,(H2,23,24,25). The maximum absolute atomic E-state index is 12.7. The second-order valence-electron chi connectivity index (χ2n) is 8.72. The van der Waals surface area contributed by atoms with Gasteiger partial charge in [0.15, 0.2) is 5.96 Å². The van der Waals surface area contributed by atoms with E-state index in [4.69, 9.17) is 4.99 Å². The molecule has 6 nitrogen and oxygen atoms in total. The van der Waals surface area contributed by atoms with Crippen LogP contribution in [-0.2, 0) is 4.79 Å². The van der Waals surface area contributed by atoms with Crippen LogP contribution in [0.5, 0.6) is 0 Å². The molecule has 0 spiro atoms. The van der Waals surface area contributed by atoms with Crippen LogP contribution in [-0.4, -0.2) is 74.0 Å². The zero-order chi connectivity index (χ0) is 20.5. The fraction of sp³-hybridized carbons (Fsp3) is 0.909. The van der Waals surface area contributed by atoms with Gasteiger partial charge in [0, 0.05) is 37.6 Å². The van der Waals surface area contributed by atoms with Crippen molar-refractivity contribution in [3.63, 3.8) is 0 Å². The number of carbonyl (C=O) groups is 1. The summed E-state index contributed by atoms with van der Waals surface area (Å²) in [7, 11) is 4.31. The van der Waals surface area contributed by atoms with Gasteiger partial charge < -0.3 is 20.4 Å². The molecule has 1 aliphatic heterocycles. The third-order valence-corrected chi connectivity index (χ3v) is 6.58. The number of likely N-dealkylation sites (N-methyl/N-ethyl adjacent to an activating group) is 1. The Balaban J connectivity index is 1.92. The number of nitrogens with one attached hydrogen (secondary N) is 2. The molecule has 2 unspecified atom stereocenters. The Labute approximate surface area is 172 Å². The van der Waals surface area contributed by atoms with Crippen LogP contribution in [0.3, 0.4) is 0 Å². The first-order valence-electron chi connectivity index (χ1n) is 11.5. The van der Waals surface area contributed by atoms with Crippen molar-refractivity contribution in [1.82, 2.24) is 20.4 Å². The van der Waals surface area contributed by atoms with Crippen molar-refractivity contribution in [1.29, 1.82) is 0 Å². The van der Waals surface area contributed by atoms with Crippen LogP contribution in [0.15, 0.2) is 4.99 Å². The van der Waals surface area contributed by atoms with Gasteiger partial charge in [-0.1, -0.05) is 39.5 Å². The highest BCUT2D eigenvalue weighted by Crippen LogP contribution is 2.27. The first kappa shape index (κ1) is 23.0. The minimum absolute atomic E-state index is 0.279. The van der Waals surface area contributed by atoms with E-state index < -0.39 is 0 Å². The van der Waals surface area contributed by atoms with E-state index >= 15 is 0 Å². The summed E-state index contributed by atoms with van der Waals surface area (Å²) < 4.78 is 0. The van der Waals surface area contributed by atoms with Crippen molar-refractivity contribution in [3.8, 4) is 0 Å². The first-order valence-corrected chi connectivity index (χ1v) is 11.5. The molecule has 0 aromatic carbocycles. The molecule has 162 valence electrons. The average Bonchev–Trinajstić information content (AvgIpc) is 3.36. The summed E-state index contributed by atoms with van der Waals surface area (Å²) >= 11 is 0. The van der Waals surface area contributed by atoms with Crippen LogP contribution in [0.25, 0.3) is 0 Å². The van der Waals surface area contributed by atoms with Gasteiger partial charge in [-0.15, -0.1) is 0 Å². The summed E-state index contributed by atoms with van der Waals surface area (Å²) in [5, 5.41) is 6.98. The number of amides is 1. The summed E-state index contributed by atoms with van der Waals surface area (Å²) in [5.74, 6) is 2.21. The molecule has 2 N–H and O–H groups in total. The van der Waals surface area contributed by atoms with E-state index in [1.807, 2.05) is 0 Å². The predicted molar refractivity (Wildman–Crippen MR) is 118 cm³/mol. The number of aliphatic imine (C=N–C) groups is 1. The molecule has 6 heteroatoms. The molecular formula is C22H43N5O. The molecule has 2 fully saturated rings. The van der Waals surface area contributed by atoms with Crippen molar-refractivity contribution in [3.05, 3.63) is 0 Å². The molecule has 1 heterocycles. The van der Waals surface area contributed by atoms with E-state index in [-0.39, 0.29) is 5.92 Å². The molecule has 0 aromatic heterocycles. The van der Waals surface area contributed by atoms with Gasteiger partial charge >= 0.3 is 0 Å². The summed E-state index contributed by atoms with van der Waals surface area (Å²) in [6, 6.07) is 0.753. The van der Waals surface area contributed by atoms with E-state index in [0.29, 0.717) is 23.9 Å². The second-order valence-corrected chi connectivity index (χ2v) is 8.72. The zero-order valence-electron chi connectivity index (χ0n) is 18.8. The van der Waals surface area contributed by atoms with E-state index in [0.717, 1.165) is 51.4 Å². The molecule has 1 saturated carbocycles. The van der Waals surface area contributed by atoms with Crippen LogP contribution >= 0.6 is 0 Å². The van der Waals surface area contributed by atoms with Gasteiger partial charge in [-0.05, 0) is 46.2 Å². The molecule has 2 rings (SSSR count). The number of rotatable bonds is 9. The minimum atomic E-state index is 0.279. The van der Waals surface area contributed by atoms with Crippen molar-refractivity contribution in [2.24, 2.45) is 16.8 Å². The fourth-order valence-electron chi connectivity index (χ4n) is 4.77. The van der Waals surface area contributed by atoms with Crippen molar-refractivity contribution < 1.29 is 4.79 Å². The molecule has 1 saturated heterocycles. The predicted octanol–water partition coefficient (Wildman–Crippen LogP) is 2.70. The number of guanidine groups is 1. The van der Waals surface area contributed by atoms with Crippen LogP contribution in [0, 0.1) is 11.8 Å². The lowest BCUT2D eigenvalue weighted by atomic mass is 9.93. The molecule has 0 aromatic rings. The van der Waals surface area contributed by atoms with E-state index in [9.17, 15) is 4.79 Å². The molecule has 0 radical (unpaired) electrons. The Morgan fingerprint density at radius 3 is 2.39 bits per heavy atom. The lowest BCUT2D eigenvalue weighted by molar-refractivity contribution is -0.134. The molecule has 1 aliphatic carbocycles. The van der Waals surface area contributed by atoms with Crippen molar-refractivity contribution in [2.75, 3.05) is 40.3 Å². The van der Waals surface area contributed by atoms with Gasteiger partial charge in [0.2, 0.25) is 5.91 Å². The van der Waals surface area contributed by atoms with E-state index in [2.05, 4.69) is 55.3 Å². The topological polar surface area (TPSA) is 60.0 Å². The Kier molecular flexibility index (Phi) is 9.56. The molecule has 2 aliphatic rings. The van der Waals surface area contributed by atoms with Gasteiger partial charge in [0.25, 0.3) is 0 Å². The van der Waals surface area contributed by atoms with E-state index in [1.165, 1.54) is 25.7 Å². The fourth-order valence-corrected chi connectivity index (χ4v) is 4.77. The zero-order valence-corrected chi connectivity index (χ0v) is 18.8. The van der Waals surface area contributed by atoms with Crippen molar-refractivity contribution in [2.45, 2.75) is 77.8 Å². The highest BCUT2D eigenvalue weighted by Gasteiger charge is 2.32. The normalized spacial score (nSPS) is 22.3. The third-order valence-electron chi connectivity index (χ3n) is 6.58. The number of nitrogens with zero attached hydrogens (tertiary/aromatic N) is 3. The quantitative estimate of drug-likeness (QED) is 0.467. The summed E-state index contributed by atoms with van der Waals surface area (Å²) in [6.45, 7) is 9.97. The number of hydrogen-bond donors (Lipinski definition) is 2. The number of likely N-dealkylation sites (tertiary alicyclic amines) is 1. The second kappa shape index (κ2) is 11.6. The third kappa shape index (κ3) is 6.36. The molecular weight excluding hydrogens is 350 g/mol. The van der Waals surface area contributed by atoms with Gasteiger partial charge in [-0.25, -0.2) is 0 Å². The summed E-state index contributed by atoms with van der Waals surface area (Å²) in [4.78, 5) is 22.0. The smallest absolute Gasteiger partial charge is 0.225 e. The van der Waals surface area contributed by atoms with Crippen LogP contribution in [0.1, 0.15) is 65.7 Å². The van der Waals surface area contributed by atoms with Crippen molar-refractivity contribution >= 4 is 11.9 Å². The van der Waals surface area contributed by atoms with Gasteiger partial charge in [-0.3, -0.25) is 9.79 Å². The van der Waals surface area contributed by atoms with Crippen LogP contribution < -0.4 is 10.6 Å². The highest BCUT2D eigenvalue weighted by molar-refractivity contribution is 5.81. The average molecular weight is 394 g/mol. The Morgan fingerprint density at radius 1 is 1.14 bits per heavy atom. The SMILES string of the molecule is CCNC(=NCC(C(CC)CC)N(C)C)NC1CCN(C(=O)C2CCCC2)C1. The Morgan fingerprint density at radius 2 is 1.82 bits per heavy atom.